The number of sulfonamides is 1. The summed E-state index contributed by atoms with van der Waals surface area (Å²) < 4.78 is 46.9. The molecule has 150 valence electrons. The fourth-order valence-electron chi connectivity index (χ4n) is 3.02. The van der Waals surface area contributed by atoms with Gasteiger partial charge in [-0.1, -0.05) is 11.6 Å². The van der Waals surface area contributed by atoms with Crippen LogP contribution in [0.2, 0.25) is 5.02 Å². The van der Waals surface area contributed by atoms with Crippen LogP contribution < -0.4 is 5.14 Å². The molecule has 2 aromatic heterocycles. The lowest BCUT2D eigenvalue weighted by atomic mass is 10.0. The Balaban J connectivity index is 2.25. The van der Waals surface area contributed by atoms with Crippen LogP contribution in [-0.4, -0.2) is 39.3 Å². The molecule has 3 aromatic rings. The molecule has 0 saturated carbocycles. The highest BCUT2D eigenvalue weighted by Crippen LogP contribution is 2.33. The second kappa shape index (κ2) is 7.97. The monoisotopic (exact) mass is 446 g/mol. The van der Waals surface area contributed by atoms with Crippen molar-refractivity contribution in [3.63, 3.8) is 0 Å². The summed E-state index contributed by atoms with van der Waals surface area (Å²) in [6.07, 6.45) is 0.944. The zero-order valence-electron chi connectivity index (χ0n) is 14.7. The minimum absolute atomic E-state index is 0.118. The van der Waals surface area contributed by atoms with Crippen molar-refractivity contribution in [1.82, 2.24) is 9.38 Å². The molecular weight excluding hydrogens is 429 g/mol. The number of aryl methyl sites for hydroxylation is 1. The largest absolute Gasteiger partial charge is 0.392 e. The smallest absolute Gasteiger partial charge is 0.238 e. The van der Waals surface area contributed by atoms with Crippen molar-refractivity contribution < 1.29 is 22.5 Å². The van der Waals surface area contributed by atoms with Gasteiger partial charge in [0.1, 0.15) is 11.5 Å². The summed E-state index contributed by atoms with van der Waals surface area (Å²) in [5.41, 5.74) is 1.71. The number of fused-ring (bicyclic) bond motifs is 1. The van der Waals surface area contributed by atoms with Crippen molar-refractivity contribution in [2.24, 2.45) is 5.14 Å². The number of nitrogens with two attached hydrogens (primary N) is 1. The second-order valence-electron chi connectivity index (χ2n) is 6.29. The van der Waals surface area contributed by atoms with E-state index in [1.54, 1.807) is 29.7 Å². The normalized spacial score (nSPS) is 13.2. The fourth-order valence-corrected chi connectivity index (χ4v) is 4.09. The van der Waals surface area contributed by atoms with E-state index in [9.17, 15) is 17.9 Å². The van der Waals surface area contributed by atoms with Gasteiger partial charge in [0.15, 0.2) is 12.0 Å². The number of hydrogen-bond donors (Lipinski definition) is 2. The van der Waals surface area contributed by atoms with E-state index >= 15 is 0 Å². The summed E-state index contributed by atoms with van der Waals surface area (Å²) in [5.74, 6) is -0.615. The van der Waals surface area contributed by atoms with E-state index in [0.29, 0.717) is 21.9 Å². The Labute approximate surface area is 170 Å². The lowest BCUT2D eigenvalue weighted by molar-refractivity contribution is 0.197. The Morgan fingerprint density at radius 2 is 2.14 bits per heavy atom. The van der Waals surface area contributed by atoms with Gasteiger partial charge in [0.05, 0.1) is 28.1 Å². The first-order chi connectivity index (χ1) is 13.1. The maximum atomic E-state index is 14.9. The first-order valence-electron chi connectivity index (χ1n) is 8.08. The minimum atomic E-state index is -4.06. The Morgan fingerprint density at radius 1 is 1.43 bits per heavy atom. The highest BCUT2D eigenvalue weighted by atomic mass is 35.5. The van der Waals surface area contributed by atoms with Gasteiger partial charge in [-0.2, -0.15) is 0 Å². The Morgan fingerprint density at radius 3 is 2.75 bits per heavy atom. The molecule has 1 atom stereocenters. The Hall–Kier alpha value is -1.69. The van der Waals surface area contributed by atoms with Gasteiger partial charge in [-0.25, -0.2) is 22.9 Å². The SMILES string of the molecule is Cc1cc(S(N)(=O)=O)cc(F)c1-c1nc2cc(Cl)ccn2c1CC(O)CS[OH2+]. The number of primary sulfonamides is 1. The quantitative estimate of drug-likeness (QED) is 0.443. The van der Waals surface area contributed by atoms with E-state index < -0.39 is 21.9 Å². The molecule has 28 heavy (non-hydrogen) atoms. The first-order valence-corrected chi connectivity index (χ1v) is 11.0. The maximum absolute atomic E-state index is 14.9. The van der Waals surface area contributed by atoms with Gasteiger partial charge in [0.2, 0.25) is 10.0 Å². The summed E-state index contributed by atoms with van der Waals surface area (Å²) in [6, 6.07) is 5.38. The van der Waals surface area contributed by atoms with Gasteiger partial charge in [-0.3, -0.25) is 0 Å². The third-order valence-corrected chi connectivity index (χ3v) is 5.90. The van der Waals surface area contributed by atoms with Crippen LogP contribution in [0.1, 0.15) is 11.3 Å². The molecule has 0 amide bonds. The highest BCUT2D eigenvalue weighted by Gasteiger charge is 2.23. The maximum Gasteiger partial charge on any atom is 0.238 e. The molecule has 2 heterocycles. The second-order valence-corrected chi connectivity index (χ2v) is 8.91. The third kappa shape index (κ3) is 4.17. The number of aromatic nitrogens is 2. The molecule has 3 rings (SSSR count). The molecule has 0 bridgehead atoms. The lowest BCUT2D eigenvalue weighted by Gasteiger charge is -2.12. The molecular formula is C17H18ClFN3O4S2+. The van der Waals surface area contributed by atoms with Crippen molar-refractivity contribution in [2.45, 2.75) is 24.3 Å². The molecule has 0 aliphatic carbocycles. The van der Waals surface area contributed by atoms with Crippen LogP contribution in [0.15, 0.2) is 35.4 Å². The van der Waals surface area contributed by atoms with Crippen LogP contribution in [0.25, 0.3) is 16.9 Å². The molecule has 0 fully saturated rings. The first kappa shape index (κ1) is 21.0. The summed E-state index contributed by atoms with van der Waals surface area (Å²) in [5, 5.41) is 15.8. The Bertz CT molecular complexity index is 1130. The molecule has 0 aliphatic rings. The molecule has 1 unspecified atom stereocenters. The van der Waals surface area contributed by atoms with E-state index in [1.807, 2.05) is 0 Å². The molecule has 0 radical (unpaired) electrons. The number of benzene rings is 1. The van der Waals surface area contributed by atoms with Gasteiger partial charge < -0.3 is 14.1 Å². The van der Waals surface area contributed by atoms with Crippen LogP contribution in [0.4, 0.5) is 4.39 Å². The molecule has 5 N–H and O–H groups in total. The zero-order valence-corrected chi connectivity index (χ0v) is 17.1. The standard InChI is InChI=1S/C17H17ClFN3O4S2/c1-9-4-12(28(20,25)26)7-13(19)16(9)17-14(6-11(23)8-27-24)22-3-2-10(18)5-15(22)21-17/h2-5,7,11,23-24H,6,8H2,1H3,(H2,20,25,26)/p+1. The van der Waals surface area contributed by atoms with E-state index in [0.717, 1.165) is 18.1 Å². The number of hydrogen-bond acceptors (Lipinski definition) is 5. The number of aliphatic hydroxyl groups is 1. The van der Waals surface area contributed by atoms with E-state index in [1.165, 1.54) is 6.07 Å². The summed E-state index contributed by atoms with van der Waals surface area (Å²) in [7, 11) is -4.06. The van der Waals surface area contributed by atoms with Gasteiger partial charge in [-0.15, -0.1) is 0 Å². The predicted octanol–water partition coefficient (Wildman–Crippen LogP) is 2.03. The summed E-state index contributed by atoms with van der Waals surface area (Å²) in [6.45, 7) is 1.56. The molecule has 0 saturated heterocycles. The van der Waals surface area contributed by atoms with Gasteiger partial charge in [0, 0.05) is 29.3 Å². The van der Waals surface area contributed by atoms with Crippen molar-refractivity contribution in [2.75, 3.05) is 5.75 Å². The number of halogens is 2. The van der Waals surface area contributed by atoms with Crippen molar-refractivity contribution in [3.05, 3.63) is 52.6 Å². The van der Waals surface area contributed by atoms with Crippen LogP contribution >= 0.6 is 23.6 Å². The van der Waals surface area contributed by atoms with Crippen LogP contribution in [0.5, 0.6) is 0 Å². The van der Waals surface area contributed by atoms with Crippen LogP contribution in [0, 0.1) is 12.7 Å². The van der Waals surface area contributed by atoms with Crippen molar-refractivity contribution in [1.29, 1.82) is 0 Å². The average Bonchev–Trinajstić information content (AvgIpc) is 2.90. The summed E-state index contributed by atoms with van der Waals surface area (Å²) >= 11 is 6.78. The van der Waals surface area contributed by atoms with E-state index in [4.69, 9.17) is 21.3 Å². The number of nitrogens with zero attached hydrogens (tertiary/aromatic N) is 2. The van der Waals surface area contributed by atoms with Crippen molar-refractivity contribution in [3.8, 4) is 11.3 Å². The van der Waals surface area contributed by atoms with Gasteiger partial charge >= 0.3 is 0 Å². The van der Waals surface area contributed by atoms with Crippen LogP contribution in [-0.2, 0) is 16.4 Å². The Kier molecular flexibility index (Phi) is 5.99. The van der Waals surface area contributed by atoms with E-state index in [-0.39, 0.29) is 28.3 Å². The van der Waals surface area contributed by atoms with E-state index in [2.05, 4.69) is 4.98 Å². The number of rotatable bonds is 6. The molecule has 1 aromatic carbocycles. The molecule has 11 heteroatoms. The van der Waals surface area contributed by atoms with Crippen molar-refractivity contribution >= 4 is 39.3 Å². The number of imidazole rings is 1. The zero-order chi connectivity index (χ0) is 20.6. The number of aliphatic hydroxyl groups excluding tert-OH is 1. The molecule has 7 nitrogen and oxygen atoms in total. The topological polar surface area (TPSA) is 121 Å². The predicted molar refractivity (Wildman–Crippen MR) is 107 cm³/mol. The molecule has 0 spiro atoms. The average molecular weight is 447 g/mol. The lowest BCUT2D eigenvalue weighted by Crippen LogP contribution is -2.16. The molecule has 0 aliphatic heterocycles. The summed E-state index contributed by atoms with van der Waals surface area (Å²) in [4.78, 5) is 4.14. The van der Waals surface area contributed by atoms with Gasteiger partial charge in [0.25, 0.3) is 0 Å². The third-order valence-electron chi connectivity index (χ3n) is 4.22. The van der Waals surface area contributed by atoms with Crippen LogP contribution in [0.3, 0.4) is 0 Å². The minimum Gasteiger partial charge on any atom is -0.392 e. The van der Waals surface area contributed by atoms with Gasteiger partial charge in [-0.05, 0) is 30.7 Å². The number of pyridine rings is 1. The fraction of sp³-hybridized carbons (Fsp3) is 0.235. The highest BCUT2D eigenvalue weighted by molar-refractivity contribution is 7.93.